The topological polar surface area (TPSA) is 80.7 Å². The van der Waals surface area contributed by atoms with Crippen LogP contribution in [0.1, 0.15) is 122 Å². The maximum Gasteiger partial charge on any atom is 0.314 e. The molecule has 0 radical (unpaired) electrons. The van der Waals surface area contributed by atoms with E-state index in [1.165, 1.54) is 77.0 Å². The molecule has 0 bridgehead atoms. The van der Waals surface area contributed by atoms with Crippen molar-refractivity contribution in [2.45, 2.75) is 122 Å². The van der Waals surface area contributed by atoms with Crippen LogP contribution in [-0.4, -0.2) is 23.0 Å². The van der Waals surface area contributed by atoms with Crippen molar-refractivity contribution in [1.29, 1.82) is 0 Å². The molecule has 0 aliphatic carbocycles. The number of aliphatic carboxylic acids is 1. The lowest BCUT2D eigenvalue weighted by atomic mass is 10.0. The Morgan fingerprint density at radius 2 is 0.926 bits per heavy atom. The number of ether oxygens (including phenoxy) is 1. The molecule has 27 heavy (non-hydrogen) atoms. The second-order valence-corrected chi connectivity index (χ2v) is 7.44. The second kappa shape index (κ2) is 19.4. The molecule has 0 fully saturated rings. The number of hydrogen-bond donors (Lipinski definition) is 1. The van der Waals surface area contributed by atoms with Crippen LogP contribution in [-0.2, 0) is 19.1 Å². The summed E-state index contributed by atoms with van der Waals surface area (Å²) in [7, 11) is 0. The van der Waals surface area contributed by atoms with Crippen molar-refractivity contribution >= 4 is 17.9 Å². The molecule has 0 aromatic carbocycles. The van der Waals surface area contributed by atoms with Gasteiger partial charge < -0.3 is 9.84 Å². The van der Waals surface area contributed by atoms with Gasteiger partial charge in [0.2, 0.25) is 0 Å². The highest BCUT2D eigenvalue weighted by molar-refractivity contribution is 5.86. The number of unbranched alkanes of at least 4 members (excludes halogenated alkanes) is 14. The molecule has 0 aliphatic rings. The first kappa shape index (κ1) is 25.6. The zero-order chi connectivity index (χ0) is 20.2. The molecule has 0 aromatic rings. The van der Waals surface area contributed by atoms with E-state index in [9.17, 15) is 14.4 Å². The van der Waals surface area contributed by atoms with Gasteiger partial charge in [0.1, 0.15) is 0 Å². The summed E-state index contributed by atoms with van der Waals surface area (Å²) in [5.74, 6) is -2.36. The number of rotatable bonds is 19. The van der Waals surface area contributed by atoms with E-state index in [0.717, 1.165) is 19.3 Å². The first-order valence-electron chi connectivity index (χ1n) is 11.0. The van der Waals surface area contributed by atoms with Crippen LogP contribution in [0.4, 0.5) is 0 Å². The van der Waals surface area contributed by atoms with Crippen LogP contribution in [0.5, 0.6) is 0 Å². The smallest absolute Gasteiger partial charge is 0.314 e. The monoisotopic (exact) mass is 384 g/mol. The van der Waals surface area contributed by atoms with Crippen molar-refractivity contribution in [3.05, 3.63) is 0 Å². The van der Waals surface area contributed by atoms with Crippen LogP contribution in [0.15, 0.2) is 0 Å². The third kappa shape index (κ3) is 20.8. The number of carbonyl (C=O) groups is 3. The van der Waals surface area contributed by atoms with E-state index >= 15 is 0 Å². The lowest BCUT2D eigenvalue weighted by Gasteiger charge is -2.04. The largest absolute Gasteiger partial charge is 0.481 e. The van der Waals surface area contributed by atoms with Gasteiger partial charge in [-0.3, -0.25) is 14.4 Å². The summed E-state index contributed by atoms with van der Waals surface area (Å²) in [5.41, 5.74) is 0. The van der Waals surface area contributed by atoms with E-state index < -0.39 is 17.9 Å². The second-order valence-electron chi connectivity index (χ2n) is 7.44. The lowest BCUT2D eigenvalue weighted by Crippen LogP contribution is -2.13. The zero-order valence-corrected chi connectivity index (χ0v) is 17.3. The minimum Gasteiger partial charge on any atom is -0.481 e. The Kier molecular flexibility index (Phi) is 18.4. The fraction of sp³-hybridized carbons (Fsp3) is 0.864. The summed E-state index contributed by atoms with van der Waals surface area (Å²) in [5, 5.41) is 8.46. The van der Waals surface area contributed by atoms with Crippen LogP contribution in [0.3, 0.4) is 0 Å². The summed E-state index contributed by atoms with van der Waals surface area (Å²) < 4.78 is 4.58. The van der Waals surface area contributed by atoms with E-state index in [1.807, 2.05) is 0 Å². The number of carboxylic acid groups (broad SMARTS) is 1. The minimum absolute atomic E-state index is 0.233. The zero-order valence-electron chi connectivity index (χ0n) is 17.3. The number of carboxylic acids is 1. The SMILES string of the molecule is CCCCCCCCCCCCCCCCCC(=O)OC(=O)CCC(=O)O. The first-order chi connectivity index (χ1) is 13.1. The number of esters is 2. The van der Waals surface area contributed by atoms with Crippen LogP contribution in [0.2, 0.25) is 0 Å². The third-order valence-corrected chi connectivity index (χ3v) is 4.76. The Balaban J connectivity index is 3.25. The molecule has 1 N–H and O–H groups in total. The Labute approximate surface area is 165 Å². The van der Waals surface area contributed by atoms with Gasteiger partial charge in [-0.2, -0.15) is 0 Å². The Bertz CT molecular complexity index is 392. The van der Waals surface area contributed by atoms with Gasteiger partial charge in [0.05, 0.1) is 12.8 Å². The Hall–Kier alpha value is -1.39. The van der Waals surface area contributed by atoms with E-state index in [0.29, 0.717) is 0 Å². The first-order valence-corrected chi connectivity index (χ1v) is 11.0. The van der Waals surface area contributed by atoms with Gasteiger partial charge in [-0.1, -0.05) is 96.8 Å². The average molecular weight is 385 g/mol. The third-order valence-electron chi connectivity index (χ3n) is 4.76. The van der Waals surface area contributed by atoms with Gasteiger partial charge in [-0.15, -0.1) is 0 Å². The summed E-state index contributed by atoms with van der Waals surface area (Å²) in [4.78, 5) is 33.0. The van der Waals surface area contributed by atoms with Crippen molar-refractivity contribution in [3.8, 4) is 0 Å². The van der Waals surface area contributed by atoms with Crippen LogP contribution >= 0.6 is 0 Å². The molecule has 5 heteroatoms. The lowest BCUT2D eigenvalue weighted by molar-refractivity contribution is -0.161. The summed E-state index contributed by atoms with van der Waals surface area (Å²) >= 11 is 0. The van der Waals surface area contributed by atoms with E-state index in [2.05, 4.69) is 11.7 Å². The van der Waals surface area contributed by atoms with Crippen molar-refractivity contribution in [2.75, 3.05) is 0 Å². The molecular weight excluding hydrogens is 344 g/mol. The molecule has 0 rings (SSSR count). The van der Waals surface area contributed by atoms with Crippen molar-refractivity contribution < 1.29 is 24.2 Å². The quantitative estimate of drug-likeness (QED) is 0.163. The molecule has 0 heterocycles. The summed E-state index contributed by atoms with van der Waals surface area (Å²) in [6, 6.07) is 0. The molecule has 0 saturated carbocycles. The van der Waals surface area contributed by atoms with E-state index in [1.54, 1.807) is 0 Å². The van der Waals surface area contributed by atoms with Crippen molar-refractivity contribution in [1.82, 2.24) is 0 Å². The minimum atomic E-state index is -1.07. The summed E-state index contributed by atoms with van der Waals surface area (Å²) in [6.07, 6.45) is 18.6. The van der Waals surface area contributed by atoms with Crippen molar-refractivity contribution in [3.63, 3.8) is 0 Å². The van der Waals surface area contributed by atoms with E-state index in [4.69, 9.17) is 5.11 Å². The summed E-state index contributed by atoms with van der Waals surface area (Å²) in [6.45, 7) is 2.25. The van der Waals surface area contributed by atoms with Crippen LogP contribution in [0.25, 0.3) is 0 Å². The molecule has 0 spiro atoms. The molecule has 0 unspecified atom stereocenters. The average Bonchev–Trinajstić information content (AvgIpc) is 2.63. The van der Waals surface area contributed by atoms with Gasteiger partial charge >= 0.3 is 17.9 Å². The maximum absolute atomic E-state index is 11.4. The number of hydrogen-bond acceptors (Lipinski definition) is 4. The fourth-order valence-electron chi connectivity index (χ4n) is 3.08. The van der Waals surface area contributed by atoms with Gasteiger partial charge in [0.15, 0.2) is 0 Å². The molecule has 0 aromatic heterocycles. The van der Waals surface area contributed by atoms with Gasteiger partial charge in [-0.05, 0) is 6.42 Å². The normalized spacial score (nSPS) is 10.7. The Morgan fingerprint density at radius 1 is 0.556 bits per heavy atom. The number of carbonyl (C=O) groups excluding carboxylic acids is 2. The molecule has 5 nitrogen and oxygen atoms in total. The van der Waals surface area contributed by atoms with Crippen LogP contribution < -0.4 is 0 Å². The van der Waals surface area contributed by atoms with Gasteiger partial charge in [0, 0.05) is 6.42 Å². The molecule has 0 atom stereocenters. The maximum atomic E-state index is 11.4. The predicted molar refractivity (Wildman–Crippen MR) is 108 cm³/mol. The predicted octanol–water partition coefficient (Wildman–Crippen LogP) is 6.18. The van der Waals surface area contributed by atoms with E-state index in [-0.39, 0.29) is 19.3 Å². The van der Waals surface area contributed by atoms with Crippen LogP contribution in [0, 0.1) is 0 Å². The standard InChI is InChI=1S/C22H40O5/c1-2-3-4-5-6-7-8-9-10-11-12-13-14-15-16-17-21(25)27-22(26)19-18-20(23)24/h2-19H2,1H3,(H,23,24). The molecular formula is C22H40O5. The van der Waals surface area contributed by atoms with Gasteiger partial charge in [-0.25, -0.2) is 0 Å². The highest BCUT2D eigenvalue weighted by Crippen LogP contribution is 2.13. The van der Waals surface area contributed by atoms with Crippen molar-refractivity contribution in [2.24, 2.45) is 0 Å². The molecule has 0 saturated heterocycles. The Morgan fingerprint density at radius 3 is 1.33 bits per heavy atom. The van der Waals surface area contributed by atoms with Gasteiger partial charge in [0.25, 0.3) is 0 Å². The highest BCUT2D eigenvalue weighted by Gasteiger charge is 2.11. The fourth-order valence-corrected chi connectivity index (χ4v) is 3.08. The molecule has 0 aliphatic heterocycles. The molecule has 0 amide bonds. The molecule has 158 valence electrons. The highest BCUT2D eigenvalue weighted by atomic mass is 16.6.